The molecule has 3 N–H and O–H groups in total. The van der Waals surface area contributed by atoms with Gasteiger partial charge in [0.1, 0.15) is 0 Å². The summed E-state index contributed by atoms with van der Waals surface area (Å²) in [4.78, 5) is 4.35. The van der Waals surface area contributed by atoms with E-state index in [0.29, 0.717) is 5.95 Å². The van der Waals surface area contributed by atoms with Crippen LogP contribution in [0.1, 0.15) is 38.1 Å². The third kappa shape index (κ3) is 4.65. The molecule has 0 unspecified atom stereocenters. The Bertz CT molecular complexity index is 362. The Morgan fingerprint density at radius 1 is 1.18 bits per heavy atom. The first-order valence-corrected chi connectivity index (χ1v) is 6.06. The van der Waals surface area contributed by atoms with E-state index in [1.165, 1.54) is 0 Å². The molecule has 0 radical (unpaired) electrons. The van der Waals surface area contributed by atoms with Gasteiger partial charge in [-0.3, -0.25) is 0 Å². The van der Waals surface area contributed by atoms with Gasteiger partial charge in [-0.05, 0) is 38.6 Å². The molecule has 0 bridgehead atoms. The van der Waals surface area contributed by atoms with Gasteiger partial charge in [-0.2, -0.15) is 5.10 Å². The lowest BCUT2D eigenvalue weighted by atomic mass is 9.88. The summed E-state index contributed by atoms with van der Waals surface area (Å²) in [5, 5.41) is 11.3. The second-order valence-corrected chi connectivity index (χ2v) is 5.22. The first kappa shape index (κ1) is 13.8. The first-order chi connectivity index (χ1) is 7.94. The highest BCUT2D eigenvalue weighted by molar-refractivity contribution is 5.24. The van der Waals surface area contributed by atoms with E-state index in [9.17, 15) is 0 Å². The van der Waals surface area contributed by atoms with E-state index in [-0.39, 0.29) is 5.41 Å². The second-order valence-electron chi connectivity index (χ2n) is 5.22. The summed E-state index contributed by atoms with van der Waals surface area (Å²) in [6.07, 6.45) is 2.13. The Morgan fingerprint density at radius 3 is 2.47 bits per heavy atom. The van der Waals surface area contributed by atoms with Crippen molar-refractivity contribution < 1.29 is 0 Å². The van der Waals surface area contributed by atoms with Crippen molar-refractivity contribution in [1.82, 2.24) is 15.2 Å². The average molecular weight is 237 g/mol. The molecule has 0 aliphatic heterocycles. The molecule has 5 nitrogen and oxygen atoms in total. The lowest BCUT2D eigenvalue weighted by Gasteiger charge is -2.24. The number of aryl methyl sites for hydroxylation is 2. The predicted molar refractivity (Wildman–Crippen MR) is 69.9 cm³/mol. The number of hydrogen-bond acceptors (Lipinski definition) is 5. The molecule has 96 valence electrons. The maximum absolute atomic E-state index is 5.52. The Morgan fingerprint density at radius 2 is 1.88 bits per heavy atom. The van der Waals surface area contributed by atoms with Crippen molar-refractivity contribution in [2.75, 3.05) is 18.4 Å². The van der Waals surface area contributed by atoms with Crippen molar-refractivity contribution in [3.63, 3.8) is 0 Å². The van der Waals surface area contributed by atoms with E-state index in [1.807, 2.05) is 13.8 Å². The number of aromatic nitrogens is 3. The fourth-order valence-electron chi connectivity index (χ4n) is 1.52. The van der Waals surface area contributed by atoms with Crippen LogP contribution < -0.4 is 11.1 Å². The summed E-state index contributed by atoms with van der Waals surface area (Å²) in [6.45, 7) is 9.84. The van der Waals surface area contributed by atoms with Crippen molar-refractivity contribution in [3.05, 3.63) is 11.4 Å². The van der Waals surface area contributed by atoms with Crippen LogP contribution in [-0.4, -0.2) is 28.3 Å². The number of nitrogens with zero attached hydrogens (tertiary/aromatic N) is 3. The Labute approximate surface area is 103 Å². The summed E-state index contributed by atoms with van der Waals surface area (Å²) < 4.78 is 0. The third-order valence-electron chi connectivity index (χ3n) is 2.87. The molecule has 5 heteroatoms. The molecule has 1 rings (SSSR count). The average Bonchev–Trinajstić information content (AvgIpc) is 2.28. The van der Waals surface area contributed by atoms with Crippen molar-refractivity contribution >= 4 is 5.95 Å². The van der Waals surface area contributed by atoms with E-state index in [1.54, 1.807) is 0 Å². The van der Waals surface area contributed by atoms with E-state index < -0.39 is 0 Å². The number of nitrogens with one attached hydrogen (secondary N) is 1. The lowest BCUT2D eigenvalue weighted by Crippen LogP contribution is -2.25. The van der Waals surface area contributed by atoms with Crippen molar-refractivity contribution in [3.8, 4) is 0 Å². The van der Waals surface area contributed by atoms with E-state index >= 15 is 0 Å². The van der Waals surface area contributed by atoms with Crippen LogP contribution in [0.15, 0.2) is 0 Å². The van der Waals surface area contributed by atoms with Crippen molar-refractivity contribution in [2.24, 2.45) is 11.1 Å². The van der Waals surface area contributed by atoms with Gasteiger partial charge in [-0.15, -0.1) is 5.10 Å². The molecule has 0 aliphatic rings. The number of nitrogens with two attached hydrogens (primary N) is 1. The molecular weight excluding hydrogens is 214 g/mol. The molecule has 1 aromatic heterocycles. The van der Waals surface area contributed by atoms with Gasteiger partial charge in [0, 0.05) is 6.54 Å². The zero-order valence-corrected chi connectivity index (χ0v) is 11.2. The van der Waals surface area contributed by atoms with Gasteiger partial charge in [-0.25, -0.2) is 4.98 Å². The summed E-state index contributed by atoms with van der Waals surface area (Å²) in [5.41, 5.74) is 7.51. The van der Waals surface area contributed by atoms with Crippen LogP contribution in [0.25, 0.3) is 0 Å². The summed E-state index contributed by atoms with van der Waals surface area (Å²) in [7, 11) is 0. The second kappa shape index (κ2) is 5.91. The number of rotatable bonds is 6. The summed E-state index contributed by atoms with van der Waals surface area (Å²) >= 11 is 0. The minimum atomic E-state index is 0.196. The minimum Gasteiger partial charge on any atom is -0.352 e. The fraction of sp³-hybridized carbons (Fsp3) is 0.750. The maximum Gasteiger partial charge on any atom is 0.242 e. The molecule has 0 atom stereocenters. The zero-order valence-electron chi connectivity index (χ0n) is 11.2. The van der Waals surface area contributed by atoms with Crippen LogP contribution in [0, 0.1) is 19.3 Å². The highest BCUT2D eigenvalue weighted by Crippen LogP contribution is 2.21. The summed E-state index contributed by atoms with van der Waals surface area (Å²) in [6, 6.07) is 0. The fourth-order valence-corrected chi connectivity index (χ4v) is 1.52. The monoisotopic (exact) mass is 237 g/mol. The van der Waals surface area contributed by atoms with Gasteiger partial charge in [0.2, 0.25) is 5.95 Å². The first-order valence-electron chi connectivity index (χ1n) is 6.06. The smallest absolute Gasteiger partial charge is 0.242 e. The molecule has 0 spiro atoms. The van der Waals surface area contributed by atoms with Gasteiger partial charge in [-0.1, -0.05) is 13.8 Å². The van der Waals surface area contributed by atoms with E-state index in [0.717, 1.165) is 37.3 Å². The topological polar surface area (TPSA) is 76.7 Å². The molecule has 0 saturated carbocycles. The molecule has 0 amide bonds. The van der Waals surface area contributed by atoms with Crippen LogP contribution in [0.3, 0.4) is 0 Å². The Balaban J connectivity index is 2.51. The lowest BCUT2D eigenvalue weighted by molar-refractivity contribution is 0.349. The molecule has 1 aromatic rings. The Hall–Kier alpha value is -1.23. The standard InChI is InChI=1S/C12H23N5/c1-9-10(2)16-17-11(15-9)14-8-12(3,4)6-5-7-13/h5-8,13H2,1-4H3,(H,14,15,17). The van der Waals surface area contributed by atoms with Crippen LogP contribution >= 0.6 is 0 Å². The largest absolute Gasteiger partial charge is 0.352 e. The number of anilines is 1. The van der Waals surface area contributed by atoms with Gasteiger partial charge in [0.05, 0.1) is 11.4 Å². The molecule has 0 fully saturated rings. The normalized spacial score (nSPS) is 11.6. The van der Waals surface area contributed by atoms with Gasteiger partial charge in [0.25, 0.3) is 0 Å². The number of hydrogen-bond donors (Lipinski definition) is 2. The van der Waals surface area contributed by atoms with Crippen LogP contribution in [0.4, 0.5) is 5.95 Å². The van der Waals surface area contributed by atoms with Gasteiger partial charge < -0.3 is 11.1 Å². The quantitative estimate of drug-likeness (QED) is 0.787. The van der Waals surface area contributed by atoms with Crippen molar-refractivity contribution in [2.45, 2.75) is 40.5 Å². The van der Waals surface area contributed by atoms with Gasteiger partial charge >= 0.3 is 0 Å². The summed E-state index contributed by atoms with van der Waals surface area (Å²) in [5.74, 6) is 0.605. The SMILES string of the molecule is Cc1nnc(NCC(C)(C)CCCN)nc1C. The third-order valence-corrected chi connectivity index (χ3v) is 2.87. The molecule has 17 heavy (non-hydrogen) atoms. The molecule has 0 aromatic carbocycles. The van der Waals surface area contributed by atoms with Crippen LogP contribution in [0.2, 0.25) is 0 Å². The highest BCUT2D eigenvalue weighted by Gasteiger charge is 2.17. The van der Waals surface area contributed by atoms with E-state index in [2.05, 4.69) is 34.3 Å². The van der Waals surface area contributed by atoms with Gasteiger partial charge in [0.15, 0.2) is 0 Å². The molecule has 0 aliphatic carbocycles. The molecular formula is C12H23N5. The van der Waals surface area contributed by atoms with Crippen LogP contribution in [-0.2, 0) is 0 Å². The van der Waals surface area contributed by atoms with Crippen molar-refractivity contribution in [1.29, 1.82) is 0 Å². The highest BCUT2D eigenvalue weighted by atomic mass is 15.2. The maximum atomic E-state index is 5.52. The predicted octanol–water partition coefficient (Wildman–Crippen LogP) is 1.67. The Kier molecular flexibility index (Phi) is 4.81. The molecule has 1 heterocycles. The molecule has 0 saturated heterocycles. The zero-order chi connectivity index (χ0) is 12.9. The van der Waals surface area contributed by atoms with Crippen LogP contribution in [0.5, 0.6) is 0 Å². The minimum absolute atomic E-state index is 0.196. The van der Waals surface area contributed by atoms with E-state index in [4.69, 9.17) is 5.73 Å².